The molecule has 22 heavy (non-hydrogen) atoms. The van der Waals surface area contributed by atoms with E-state index >= 15 is 0 Å². The third kappa shape index (κ3) is 5.64. The quantitative estimate of drug-likeness (QED) is 0.235. The van der Waals surface area contributed by atoms with Crippen molar-refractivity contribution in [1.29, 1.82) is 0 Å². The molecule has 0 saturated carbocycles. The van der Waals surface area contributed by atoms with Gasteiger partial charge in [-0.25, -0.2) is 0 Å². The van der Waals surface area contributed by atoms with Gasteiger partial charge in [-0.1, -0.05) is 23.7 Å². The van der Waals surface area contributed by atoms with Crippen molar-refractivity contribution in [1.82, 2.24) is 5.32 Å². The second kappa shape index (κ2) is 9.15. The van der Waals surface area contributed by atoms with Gasteiger partial charge in [0.15, 0.2) is 0 Å². The number of nitrogens with zero attached hydrogens (tertiary/aromatic N) is 3. The summed E-state index contributed by atoms with van der Waals surface area (Å²) >= 11 is 0. The Hall–Kier alpha value is -2.86. The summed E-state index contributed by atoms with van der Waals surface area (Å²) in [4.78, 5) is 36.6. The number of carbonyl (C=O) groups is 3. The average molecular weight is 303 g/mol. The van der Waals surface area contributed by atoms with Crippen LogP contribution in [0.15, 0.2) is 29.4 Å². The molecule has 116 valence electrons. The SMILES string of the molecule is [N-]=[N+]=NCCCC[C@H](NC(=O)c1ccc(C=O)cc1)C(N)=O. The Morgan fingerprint density at radius 3 is 2.55 bits per heavy atom. The Labute approximate surface area is 127 Å². The van der Waals surface area contributed by atoms with E-state index in [1.54, 1.807) is 0 Å². The van der Waals surface area contributed by atoms with Crippen LogP contribution >= 0.6 is 0 Å². The standard InChI is InChI=1S/C14H17N5O3/c15-13(21)12(3-1-2-8-17-19-16)18-14(22)11-6-4-10(9-20)5-7-11/h4-7,9,12H,1-3,8H2,(H2,15,21)(H,18,22)/t12-/m0/s1. The lowest BCUT2D eigenvalue weighted by atomic mass is 10.1. The number of benzene rings is 1. The number of unbranched alkanes of at least 4 members (excludes halogenated alkanes) is 1. The first-order valence-electron chi connectivity index (χ1n) is 6.74. The molecule has 1 rings (SSSR count). The van der Waals surface area contributed by atoms with Crippen LogP contribution < -0.4 is 11.1 Å². The number of carbonyl (C=O) groups excluding carboxylic acids is 3. The van der Waals surface area contributed by atoms with Gasteiger partial charge in [0.2, 0.25) is 5.91 Å². The van der Waals surface area contributed by atoms with Gasteiger partial charge in [-0.05, 0) is 30.5 Å². The zero-order valence-electron chi connectivity index (χ0n) is 11.9. The molecule has 8 nitrogen and oxygen atoms in total. The Balaban J connectivity index is 2.57. The summed E-state index contributed by atoms with van der Waals surface area (Å²) in [5.41, 5.74) is 14.2. The zero-order valence-corrected chi connectivity index (χ0v) is 11.9. The summed E-state index contributed by atoms with van der Waals surface area (Å²) in [6, 6.07) is 5.24. The van der Waals surface area contributed by atoms with Crippen LogP contribution in [-0.2, 0) is 4.79 Å². The van der Waals surface area contributed by atoms with Gasteiger partial charge in [0, 0.05) is 22.6 Å². The first-order valence-corrected chi connectivity index (χ1v) is 6.74. The number of aldehydes is 1. The molecule has 2 amide bonds. The van der Waals surface area contributed by atoms with Crippen LogP contribution in [-0.4, -0.2) is 30.7 Å². The van der Waals surface area contributed by atoms with Gasteiger partial charge in [0.1, 0.15) is 12.3 Å². The van der Waals surface area contributed by atoms with Gasteiger partial charge in [-0.2, -0.15) is 0 Å². The van der Waals surface area contributed by atoms with Crippen molar-refractivity contribution in [3.63, 3.8) is 0 Å². The van der Waals surface area contributed by atoms with E-state index in [1.807, 2.05) is 0 Å². The highest BCUT2D eigenvalue weighted by Crippen LogP contribution is 2.06. The van der Waals surface area contributed by atoms with E-state index in [2.05, 4.69) is 15.3 Å². The molecular weight excluding hydrogens is 286 g/mol. The van der Waals surface area contributed by atoms with Crippen molar-refractivity contribution in [2.75, 3.05) is 6.54 Å². The molecule has 0 heterocycles. The van der Waals surface area contributed by atoms with Crippen molar-refractivity contribution in [3.8, 4) is 0 Å². The monoisotopic (exact) mass is 303 g/mol. The van der Waals surface area contributed by atoms with Crippen molar-refractivity contribution in [2.45, 2.75) is 25.3 Å². The van der Waals surface area contributed by atoms with Gasteiger partial charge in [-0.3, -0.25) is 14.4 Å². The van der Waals surface area contributed by atoms with Crippen LogP contribution in [0.2, 0.25) is 0 Å². The fraction of sp³-hybridized carbons (Fsp3) is 0.357. The maximum Gasteiger partial charge on any atom is 0.251 e. The van der Waals surface area contributed by atoms with Crippen LogP contribution in [0, 0.1) is 0 Å². The number of primary amides is 1. The number of rotatable bonds is 9. The third-order valence-electron chi connectivity index (χ3n) is 3.02. The molecule has 1 atom stereocenters. The molecular formula is C14H17N5O3. The Bertz CT molecular complexity index is 579. The smallest absolute Gasteiger partial charge is 0.251 e. The molecule has 0 aliphatic carbocycles. The molecule has 1 aromatic rings. The topological polar surface area (TPSA) is 138 Å². The highest BCUT2D eigenvalue weighted by molar-refractivity contribution is 5.97. The van der Waals surface area contributed by atoms with Gasteiger partial charge < -0.3 is 11.1 Å². The molecule has 0 aromatic heterocycles. The van der Waals surface area contributed by atoms with E-state index in [9.17, 15) is 14.4 Å². The molecule has 0 radical (unpaired) electrons. The van der Waals surface area contributed by atoms with E-state index in [-0.39, 0.29) is 0 Å². The third-order valence-corrected chi connectivity index (χ3v) is 3.02. The van der Waals surface area contributed by atoms with Gasteiger partial charge >= 0.3 is 0 Å². The maximum atomic E-state index is 12.0. The largest absolute Gasteiger partial charge is 0.368 e. The number of amides is 2. The Kier molecular flexibility index (Phi) is 7.15. The first kappa shape index (κ1) is 17.2. The summed E-state index contributed by atoms with van der Waals surface area (Å²) in [6.45, 7) is 0.336. The van der Waals surface area contributed by atoms with Gasteiger partial charge in [-0.15, -0.1) is 0 Å². The number of hydrogen-bond acceptors (Lipinski definition) is 4. The molecule has 8 heteroatoms. The lowest BCUT2D eigenvalue weighted by Crippen LogP contribution is -2.44. The number of nitrogens with two attached hydrogens (primary N) is 1. The normalized spacial score (nSPS) is 11.1. The molecule has 3 N–H and O–H groups in total. The number of nitrogens with one attached hydrogen (secondary N) is 1. The molecule has 0 aliphatic heterocycles. The second-order valence-electron chi connectivity index (χ2n) is 4.62. The summed E-state index contributed by atoms with van der Waals surface area (Å²) < 4.78 is 0. The first-order chi connectivity index (χ1) is 10.6. The Morgan fingerprint density at radius 1 is 1.32 bits per heavy atom. The van der Waals surface area contributed by atoms with Crippen molar-refractivity contribution < 1.29 is 14.4 Å². The Morgan fingerprint density at radius 2 is 2.00 bits per heavy atom. The molecule has 1 aromatic carbocycles. The minimum atomic E-state index is -0.788. The van der Waals surface area contributed by atoms with Gasteiger partial charge in [0.05, 0.1) is 0 Å². The average Bonchev–Trinajstić information content (AvgIpc) is 2.53. The van der Waals surface area contributed by atoms with E-state index in [1.165, 1.54) is 24.3 Å². The van der Waals surface area contributed by atoms with Crippen LogP contribution in [0.1, 0.15) is 40.0 Å². The number of azide groups is 1. The summed E-state index contributed by atoms with van der Waals surface area (Å²) in [6.07, 6.45) is 2.25. The minimum Gasteiger partial charge on any atom is -0.368 e. The number of hydrogen-bond donors (Lipinski definition) is 2. The van der Waals surface area contributed by atoms with Crippen LogP contribution in [0.25, 0.3) is 10.4 Å². The molecule has 0 fully saturated rings. The predicted octanol–water partition coefficient (Wildman–Crippen LogP) is 1.56. The van der Waals surface area contributed by atoms with E-state index in [0.717, 1.165) is 0 Å². The molecule has 0 spiro atoms. The summed E-state index contributed by atoms with van der Waals surface area (Å²) in [5, 5.41) is 5.94. The molecule has 0 aliphatic rings. The lowest BCUT2D eigenvalue weighted by molar-refractivity contribution is -0.120. The second-order valence-corrected chi connectivity index (χ2v) is 4.62. The van der Waals surface area contributed by atoms with Crippen LogP contribution in [0.3, 0.4) is 0 Å². The van der Waals surface area contributed by atoms with E-state index in [4.69, 9.17) is 11.3 Å². The van der Waals surface area contributed by atoms with Crippen molar-refractivity contribution in [2.24, 2.45) is 10.8 Å². The highest BCUT2D eigenvalue weighted by atomic mass is 16.2. The van der Waals surface area contributed by atoms with E-state index in [0.29, 0.717) is 43.2 Å². The molecule has 0 unspecified atom stereocenters. The molecule has 0 saturated heterocycles. The summed E-state index contributed by atoms with van der Waals surface area (Å²) in [5.74, 6) is -1.06. The predicted molar refractivity (Wildman–Crippen MR) is 80.1 cm³/mol. The van der Waals surface area contributed by atoms with Crippen LogP contribution in [0.4, 0.5) is 0 Å². The fourth-order valence-corrected chi connectivity index (χ4v) is 1.82. The van der Waals surface area contributed by atoms with Crippen molar-refractivity contribution >= 4 is 18.1 Å². The maximum absolute atomic E-state index is 12.0. The fourth-order valence-electron chi connectivity index (χ4n) is 1.82. The summed E-state index contributed by atoms with van der Waals surface area (Å²) in [7, 11) is 0. The van der Waals surface area contributed by atoms with Gasteiger partial charge in [0.25, 0.3) is 5.91 Å². The van der Waals surface area contributed by atoms with Crippen LogP contribution in [0.5, 0.6) is 0 Å². The zero-order chi connectivity index (χ0) is 16.4. The van der Waals surface area contributed by atoms with E-state index < -0.39 is 17.9 Å². The minimum absolute atomic E-state index is 0.336. The highest BCUT2D eigenvalue weighted by Gasteiger charge is 2.18. The lowest BCUT2D eigenvalue weighted by Gasteiger charge is -2.15. The molecule has 0 bridgehead atoms. The van der Waals surface area contributed by atoms with Crippen molar-refractivity contribution in [3.05, 3.63) is 45.8 Å².